The van der Waals surface area contributed by atoms with Gasteiger partial charge in [0.2, 0.25) is 0 Å². The maximum atomic E-state index is 2.63. The second-order valence-electron chi connectivity index (χ2n) is 22.4. The molecule has 72 heavy (non-hydrogen) atoms. The summed E-state index contributed by atoms with van der Waals surface area (Å²) in [4.78, 5) is 5.17. The molecule has 0 amide bonds. The van der Waals surface area contributed by atoms with E-state index in [0.29, 0.717) is 11.8 Å². The Labute approximate surface area is 429 Å². The van der Waals surface area contributed by atoms with Crippen molar-refractivity contribution in [2.45, 2.75) is 78.1 Å². The van der Waals surface area contributed by atoms with Crippen LogP contribution < -0.4 is 25.5 Å². The molecule has 0 atom stereocenters. The van der Waals surface area contributed by atoms with Gasteiger partial charge in [-0.1, -0.05) is 187 Å². The first-order valence-electron chi connectivity index (χ1n) is 26.0. The van der Waals surface area contributed by atoms with E-state index in [0.717, 1.165) is 0 Å². The third-order valence-electron chi connectivity index (χ3n) is 16.6. The first-order valence-corrected chi connectivity index (χ1v) is 26.8. The summed E-state index contributed by atoms with van der Waals surface area (Å²) in [6.45, 7) is 18.6. The topological polar surface area (TPSA) is 6.48 Å². The number of rotatable bonds is 5. The molecule has 10 aromatic rings. The molecular formula is C68H57BN2S. The Morgan fingerprint density at radius 2 is 1.10 bits per heavy atom. The maximum Gasteiger partial charge on any atom is 0.264 e. The van der Waals surface area contributed by atoms with Gasteiger partial charge in [-0.3, -0.25) is 0 Å². The van der Waals surface area contributed by atoms with Gasteiger partial charge in [-0.15, -0.1) is 11.3 Å². The predicted molar refractivity (Wildman–Crippen MR) is 309 cm³/mol. The van der Waals surface area contributed by atoms with Crippen LogP contribution >= 0.6 is 11.3 Å². The minimum atomic E-state index is -0.449. The van der Waals surface area contributed by atoms with E-state index < -0.39 is 5.41 Å². The number of anilines is 6. The summed E-state index contributed by atoms with van der Waals surface area (Å²) in [6, 6.07) is 72.8. The average Bonchev–Trinajstić information content (AvgIpc) is 4.01. The number of hydrogen-bond donors (Lipinski definition) is 0. The lowest BCUT2D eigenvalue weighted by molar-refractivity contribution is 0.588. The Kier molecular flexibility index (Phi) is 9.37. The quantitative estimate of drug-likeness (QED) is 0.159. The second-order valence-corrected chi connectivity index (χ2v) is 23.5. The standard InChI is InChI=1S/C68H57BN2S/c1-40(2)47-22-16-23-48(41(3)4)63(47)43-30-35-58-61(36-43)70(45-18-10-9-11-19-45)59-26-17-27-60-64(59)69(58)66-65(71(60)46-32-28-42(5)29-33-46)53-38-52-51-34-31-44(67(6,7)8)37-56(51)68(57(52)39-62(53)72-66)54-24-14-12-20-49(54)50-21-13-15-25-55(50)68/h9-41H,1-8H3. The molecule has 14 rings (SSSR count). The van der Waals surface area contributed by atoms with Crippen molar-refractivity contribution in [3.63, 3.8) is 0 Å². The van der Waals surface area contributed by atoms with Crippen LogP contribution in [0.15, 0.2) is 188 Å². The zero-order valence-corrected chi connectivity index (χ0v) is 43.2. The van der Waals surface area contributed by atoms with Gasteiger partial charge in [-0.2, -0.15) is 0 Å². The fraction of sp³-hybridized carbons (Fsp3) is 0.176. The number of para-hydroxylation sites is 1. The van der Waals surface area contributed by atoms with E-state index in [1.807, 2.05) is 11.3 Å². The van der Waals surface area contributed by atoms with E-state index >= 15 is 0 Å². The number of aryl methyl sites for hydroxylation is 1. The van der Waals surface area contributed by atoms with Gasteiger partial charge >= 0.3 is 0 Å². The zero-order chi connectivity index (χ0) is 48.9. The molecule has 0 unspecified atom stereocenters. The van der Waals surface area contributed by atoms with Gasteiger partial charge in [-0.25, -0.2) is 0 Å². The Morgan fingerprint density at radius 1 is 0.500 bits per heavy atom. The van der Waals surface area contributed by atoms with Crippen molar-refractivity contribution < 1.29 is 0 Å². The highest BCUT2D eigenvalue weighted by Gasteiger charge is 2.53. The van der Waals surface area contributed by atoms with Gasteiger partial charge in [0.15, 0.2) is 0 Å². The minimum Gasteiger partial charge on any atom is -0.311 e. The van der Waals surface area contributed by atoms with Gasteiger partial charge in [0.1, 0.15) is 0 Å². The Hall–Kier alpha value is -7.40. The number of fused-ring (bicyclic) bond motifs is 16. The third kappa shape index (κ3) is 5.90. The lowest BCUT2D eigenvalue weighted by Crippen LogP contribution is -2.60. The molecule has 2 aliphatic carbocycles. The van der Waals surface area contributed by atoms with Crippen molar-refractivity contribution in [3.05, 3.63) is 233 Å². The van der Waals surface area contributed by atoms with Gasteiger partial charge in [0, 0.05) is 43.3 Å². The predicted octanol–water partition coefficient (Wildman–Crippen LogP) is 16.8. The fourth-order valence-electron chi connectivity index (χ4n) is 13.4. The second kappa shape index (κ2) is 15.6. The molecule has 0 saturated carbocycles. The van der Waals surface area contributed by atoms with E-state index in [9.17, 15) is 0 Å². The number of nitrogens with zero attached hydrogens (tertiary/aromatic N) is 2. The molecule has 1 aromatic heterocycles. The molecule has 0 saturated heterocycles. The first-order chi connectivity index (χ1) is 34.9. The molecule has 0 bridgehead atoms. The first kappa shape index (κ1) is 43.4. The molecule has 0 fully saturated rings. The zero-order valence-electron chi connectivity index (χ0n) is 42.4. The Bertz CT molecular complexity index is 3820. The molecule has 9 aromatic carbocycles. The summed E-state index contributed by atoms with van der Waals surface area (Å²) in [5.74, 6) is 0.768. The molecule has 2 nitrogen and oxygen atoms in total. The molecular weight excluding hydrogens is 888 g/mol. The van der Waals surface area contributed by atoms with Crippen molar-refractivity contribution in [3.8, 4) is 33.4 Å². The fourth-order valence-corrected chi connectivity index (χ4v) is 14.7. The van der Waals surface area contributed by atoms with Crippen molar-refractivity contribution in [1.29, 1.82) is 0 Å². The summed E-state index contributed by atoms with van der Waals surface area (Å²) >= 11 is 2.01. The Morgan fingerprint density at radius 3 is 1.76 bits per heavy atom. The van der Waals surface area contributed by atoms with Crippen LogP contribution in [-0.2, 0) is 10.8 Å². The Balaban J connectivity index is 1.08. The SMILES string of the molecule is Cc1ccc(N2c3cccc4c3B(c3ccc(-c5c(C(C)C)cccc5C(C)C)cc3N4c3ccccc3)c3sc4cc5c(cc4c32)-c2ccc(C(C)(C)C)cc2C52c3ccccc3-c3ccccc32)cc1. The van der Waals surface area contributed by atoms with Crippen LogP contribution in [-0.4, -0.2) is 6.71 Å². The highest BCUT2D eigenvalue weighted by molar-refractivity contribution is 7.33. The molecule has 0 radical (unpaired) electrons. The summed E-state index contributed by atoms with van der Waals surface area (Å²) in [5, 5.41) is 1.31. The van der Waals surface area contributed by atoms with Crippen molar-refractivity contribution in [2.24, 2.45) is 0 Å². The van der Waals surface area contributed by atoms with Crippen LogP contribution in [0, 0.1) is 6.92 Å². The van der Waals surface area contributed by atoms with Crippen LogP contribution in [0.3, 0.4) is 0 Å². The monoisotopic (exact) mass is 944 g/mol. The highest BCUT2D eigenvalue weighted by Crippen LogP contribution is 2.64. The normalized spacial score (nSPS) is 14.4. The molecule has 4 heteroatoms. The van der Waals surface area contributed by atoms with Crippen LogP contribution in [0.1, 0.15) is 105 Å². The van der Waals surface area contributed by atoms with Crippen LogP contribution in [0.5, 0.6) is 0 Å². The number of thiophene rings is 1. The average molecular weight is 945 g/mol. The van der Waals surface area contributed by atoms with E-state index in [-0.39, 0.29) is 12.1 Å². The van der Waals surface area contributed by atoms with E-state index in [1.54, 1.807) is 0 Å². The molecule has 348 valence electrons. The smallest absolute Gasteiger partial charge is 0.264 e. The van der Waals surface area contributed by atoms with Gasteiger partial charge < -0.3 is 9.80 Å². The summed E-state index contributed by atoms with van der Waals surface area (Å²) in [7, 11) is 0. The highest BCUT2D eigenvalue weighted by atomic mass is 32.1. The van der Waals surface area contributed by atoms with Crippen LogP contribution in [0.4, 0.5) is 34.1 Å². The van der Waals surface area contributed by atoms with Gasteiger partial charge in [0.25, 0.3) is 6.71 Å². The van der Waals surface area contributed by atoms with Gasteiger partial charge in [0.05, 0.1) is 11.1 Å². The lowest BCUT2D eigenvalue weighted by Gasteiger charge is -2.43. The maximum absolute atomic E-state index is 2.63. The number of benzene rings is 9. The van der Waals surface area contributed by atoms with Gasteiger partial charge in [-0.05, 0) is 162 Å². The molecule has 1 spiro atoms. The number of hydrogen-bond acceptors (Lipinski definition) is 3. The summed E-state index contributed by atoms with van der Waals surface area (Å²) in [6.07, 6.45) is 0. The summed E-state index contributed by atoms with van der Waals surface area (Å²) < 4.78 is 2.72. The molecule has 2 aliphatic heterocycles. The summed E-state index contributed by atoms with van der Waals surface area (Å²) in [5.41, 5.74) is 28.6. The van der Waals surface area contributed by atoms with Crippen molar-refractivity contribution in [1.82, 2.24) is 0 Å². The molecule has 0 N–H and O–H groups in total. The van der Waals surface area contributed by atoms with Crippen LogP contribution in [0.2, 0.25) is 0 Å². The largest absolute Gasteiger partial charge is 0.311 e. The lowest BCUT2D eigenvalue weighted by atomic mass is 9.36. The van der Waals surface area contributed by atoms with E-state index in [2.05, 4.69) is 253 Å². The third-order valence-corrected chi connectivity index (χ3v) is 17.8. The molecule has 4 aliphatic rings. The van der Waals surface area contributed by atoms with Crippen molar-refractivity contribution >= 4 is 78.0 Å². The van der Waals surface area contributed by atoms with E-state index in [1.165, 1.54) is 138 Å². The van der Waals surface area contributed by atoms with Crippen LogP contribution in [0.25, 0.3) is 43.5 Å². The van der Waals surface area contributed by atoms with E-state index in [4.69, 9.17) is 0 Å². The van der Waals surface area contributed by atoms with Crippen molar-refractivity contribution in [2.75, 3.05) is 9.80 Å². The molecule has 3 heterocycles. The minimum absolute atomic E-state index is 0.00942.